The average Bonchev–Trinajstić information content (AvgIpc) is 2.91. The third kappa shape index (κ3) is 2.94. The molecule has 3 nitrogen and oxygen atoms in total. The van der Waals surface area contributed by atoms with Gasteiger partial charge in [-0.2, -0.15) is 0 Å². The zero-order valence-electron chi connectivity index (χ0n) is 11.4. The van der Waals surface area contributed by atoms with E-state index < -0.39 is 0 Å². The van der Waals surface area contributed by atoms with Crippen LogP contribution >= 0.6 is 0 Å². The molecule has 2 aromatic carbocycles. The summed E-state index contributed by atoms with van der Waals surface area (Å²) in [5.41, 5.74) is 2.47. The zero-order valence-corrected chi connectivity index (χ0v) is 11.4. The number of para-hydroxylation sites is 1. The molecule has 0 unspecified atom stereocenters. The fourth-order valence-electron chi connectivity index (χ4n) is 2.35. The summed E-state index contributed by atoms with van der Waals surface area (Å²) in [5.74, 6) is -0.537. The van der Waals surface area contributed by atoms with Gasteiger partial charge in [0.25, 0.3) is 0 Å². The van der Waals surface area contributed by atoms with Crippen molar-refractivity contribution in [2.45, 2.75) is 13.0 Å². The number of rotatable bonds is 4. The maximum Gasteiger partial charge on any atom is 0.224 e. The highest BCUT2D eigenvalue weighted by molar-refractivity contribution is 5.84. The van der Waals surface area contributed by atoms with Crippen LogP contribution in [0.3, 0.4) is 0 Å². The van der Waals surface area contributed by atoms with Gasteiger partial charge in [-0.3, -0.25) is 4.79 Å². The zero-order chi connectivity index (χ0) is 14.7. The topological polar surface area (TPSA) is 44.9 Å². The van der Waals surface area contributed by atoms with Gasteiger partial charge in [0.15, 0.2) is 0 Å². The minimum Gasteiger partial charge on any atom is -0.361 e. The fraction of sp³-hybridized carbons (Fsp3) is 0.118. The summed E-state index contributed by atoms with van der Waals surface area (Å²) in [6, 6.07) is 14.2. The SMILES string of the molecule is O=C(Cc1ccccc1F)NCc1c[nH]c2ccccc12. The van der Waals surface area contributed by atoms with Gasteiger partial charge in [0.05, 0.1) is 6.42 Å². The molecule has 0 saturated heterocycles. The smallest absolute Gasteiger partial charge is 0.224 e. The molecule has 0 aliphatic rings. The third-order valence-electron chi connectivity index (χ3n) is 3.46. The maximum absolute atomic E-state index is 13.5. The molecule has 2 N–H and O–H groups in total. The number of hydrogen-bond donors (Lipinski definition) is 2. The monoisotopic (exact) mass is 282 g/mol. The van der Waals surface area contributed by atoms with Crippen molar-refractivity contribution in [1.29, 1.82) is 0 Å². The lowest BCUT2D eigenvalue weighted by atomic mass is 10.1. The normalized spacial score (nSPS) is 10.7. The van der Waals surface area contributed by atoms with Crippen molar-refractivity contribution < 1.29 is 9.18 Å². The molecule has 106 valence electrons. The van der Waals surface area contributed by atoms with Gasteiger partial charge in [0, 0.05) is 23.6 Å². The number of aromatic amines is 1. The predicted octanol–water partition coefficient (Wildman–Crippen LogP) is 3.17. The molecule has 1 heterocycles. The molecule has 0 radical (unpaired) electrons. The third-order valence-corrected chi connectivity index (χ3v) is 3.46. The lowest BCUT2D eigenvalue weighted by Crippen LogP contribution is -2.24. The van der Waals surface area contributed by atoms with Crippen molar-refractivity contribution in [3.63, 3.8) is 0 Å². The van der Waals surface area contributed by atoms with Crippen LogP contribution in [-0.4, -0.2) is 10.9 Å². The summed E-state index contributed by atoms with van der Waals surface area (Å²) < 4.78 is 13.5. The number of carbonyl (C=O) groups excluding carboxylic acids is 1. The molecule has 0 spiro atoms. The van der Waals surface area contributed by atoms with E-state index in [1.54, 1.807) is 18.2 Å². The van der Waals surface area contributed by atoms with Gasteiger partial charge in [-0.1, -0.05) is 36.4 Å². The first kappa shape index (κ1) is 13.4. The van der Waals surface area contributed by atoms with E-state index in [0.29, 0.717) is 12.1 Å². The van der Waals surface area contributed by atoms with Crippen molar-refractivity contribution in [1.82, 2.24) is 10.3 Å². The Labute approximate surface area is 121 Å². The van der Waals surface area contributed by atoms with Crippen LogP contribution in [0.15, 0.2) is 54.7 Å². The standard InChI is InChI=1S/C17H15FN2O/c18-15-7-3-1-5-12(15)9-17(21)20-11-13-10-19-16-8-4-2-6-14(13)16/h1-8,10,19H,9,11H2,(H,20,21). The molecular weight excluding hydrogens is 267 g/mol. The molecule has 3 rings (SSSR count). The van der Waals surface area contributed by atoms with E-state index in [9.17, 15) is 9.18 Å². The Bertz CT molecular complexity index is 779. The summed E-state index contributed by atoms with van der Waals surface area (Å²) in [6.45, 7) is 0.428. The highest BCUT2D eigenvalue weighted by atomic mass is 19.1. The second-order valence-electron chi connectivity index (χ2n) is 4.90. The number of benzene rings is 2. The van der Waals surface area contributed by atoms with Crippen LogP contribution in [-0.2, 0) is 17.8 Å². The van der Waals surface area contributed by atoms with Gasteiger partial charge in [-0.05, 0) is 23.3 Å². The van der Waals surface area contributed by atoms with E-state index in [4.69, 9.17) is 0 Å². The minimum absolute atomic E-state index is 0.0506. The number of nitrogens with one attached hydrogen (secondary N) is 2. The van der Waals surface area contributed by atoms with Crippen molar-refractivity contribution in [2.75, 3.05) is 0 Å². The number of hydrogen-bond acceptors (Lipinski definition) is 1. The molecule has 1 aromatic heterocycles. The number of amides is 1. The molecule has 0 aliphatic carbocycles. The van der Waals surface area contributed by atoms with Crippen LogP contribution in [0.2, 0.25) is 0 Å². The van der Waals surface area contributed by atoms with Crippen LogP contribution < -0.4 is 5.32 Å². The van der Waals surface area contributed by atoms with Crippen LogP contribution in [0.4, 0.5) is 4.39 Å². The first-order chi connectivity index (χ1) is 10.2. The molecule has 0 saturated carbocycles. The number of H-pyrrole nitrogens is 1. The highest BCUT2D eigenvalue weighted by Crippen LogP contribution is 2.17. The summed E-state index contributed by atoms with van der Waals surface area (Å²) in [5, 5.41) is 3.91. The van der Waals surface area contributed by atoms with Gasteiger partial charge in [-0.15, -0.1) is 0 Å². The summed E-state index contributed by atoms with van der Waals surface area (Å²) >= 11 is 0. The van der Waals surface area contributed by atoms with Crippen molar-refractivity contribution >= 4 is 16.8 Å². The molecule has 0 fully saturated rings. The molecule has 0 bridgehead atoms. The van der Waals surface area contributed by atoms with Crippen molar-refractivity contribution in [3.05, 3.63) is 71.7 Å². The Balaban J connectivity index is 1.65. The molecule has 4 heteroatoms. The van der Waals surface area contributed by atoms with Crippen LogP contribution in [0, 0.1) is 5.82 Å². The van der Waals surface area contributed by atoms with Gasteiger partial charge < -0.3 is 10.3 Å². The summed E-state index contributed by atoms with van der Waals surface area (Å²) in [6.07, 6.45) is 1.93. The second kappa shape index (κ2) is 5.79. The molecular formula is C17H15FN2O. The Morgan fingerprint density at radius 1 is 1.05 bits per heavy atom. The predicted molar refractivity (Wildman–Crippen MR) is 80.2 cm³/mol. The number of aromatic nitrogens is 1. The Morgan fingerprint density at radius 2 is 1.81 bits per heavy atom. The lowest BCUT2D eigenvalue weighted by Gasteiger charge is -2.05. The van der Waals surface area contributed by atoms with E-state index in [-0.39, 0.29) is 18.1 Å². The van der Waals surface area contributed by atoms with E-state index in [1.165, 1.54) is 6.07 Å². The van der Waals surface area contributed by atoms with Crippen LogP contribution in [0.1, 0.15) is 11.1 Å². The molecule has 21 heavy (non-hydrogen) atoms. The fourth-order valence-corrected chi connectivity index (χ4v) is 2.35. The number of fused-ring (bicyclic) bond motifs is 1. The molecule has 0 atom stereocenters. The molecule has 1 amide bonds. The summed E-state index contributed by atoms with van der Waals surface area (Å²) in [7, 11) is 0. The van der Waals surface area contributed by atoms with E-state index in [1.807, 2.05) is 30.5 Å². The molecule has 0 aliphatic heterocycles. The van der Waals surface area contributed by atoms with Crippen molar-refractivity contribution in [2.24, 2.45) is 0 Å². The van der Waals surface area contributed by atoms with Gasteiger partial charge in [-0.25, -0.2) is 4.39 Å². The van der Waals surface area contributed by atoms with Crippen LogP contribution in [0.25, 0.3) is 10.9 Å². The van der Waals surface area contributed by atoms with Crippen molar-refractivity contribution in [3.8, 4) is 0 Å². The largest absolute Gasteiger partial charge is 0.361 e. The average molecular weight is 282 g/mol. The first-order valence-corrected chi connectivity index (χ1v) is 6.79. The Hall–Kier alpha value is -2.62. The Morgan fingerprint density at radius 3 is 2.67 bits per heavy atom. The Kier molecular flexibility index (Phi) is 3.69. The maximum atomic E-state index is 13.5. The minimum atomic E-state index is -0.347. The highest BCUT2D eigenvalue weighted by Gasteiger charge is 2.08. The first-order valence-electron chi connectivity index (χ1n) is 6.79. The van der Waals surface area contributed by atoms with Gasteiger partial charge in [0.1, 0.15) is 5.82 Å². The summed E-state index contributed by atoms with van der Waals surface area (Å²) in [4.78, 5) is 15.1. The van der Waals surface area contributed by atoms with Crippen LogP contribution in [0.5, 0.6) is 0 Å². The number of halogens is 1. The van der Waals surface area contributed by atoms with Gasteiger partial charge in [0.2, 0.25) is 5.91 Å². The second-order valence-corrected chi connectivity index (χ2v) is 4.90. The van der Waals surface area contributed by atoms with E-state index >= 15 is 0 Å². The lowest BCUT2D eigenvalue weighted by molar-refractivity contribution is -0.120. The quantitative estimate of drug-likeness (QED) is 0.758. The number of carbonyl (C=O) groups is 1. The van der Waals surface area contributed by atoms with Gasteiger partial charge >= 0.3 is 0 Å². The molecule has 3 aromatic rings. The van der Waals surface area contributed by atoms with E-state index in [2.05, 4.69) is 10.3 Å². The van der Waals surface area contributed by atoms with E-state index in [0.717, 1.165) is 16.5 Å².